The number of carbonyl (C=O) groups is 2. The van der Waals surface area contributed by atoms with Gasteiger partial charge in [0.2, 0.25) is 5.91 Å². The molecule has 1 N–H and O–H groups in total. The fourth-order valence-electron chi connectivity index (χ4n) is 2.92. The molecule has 0 spiro atoms. The third-order valence-corrected chi connectivity index (χ3v) is 5.30. The number of hydrogen-bond donors (Lipinski definition) is 1. The van der Waals surface area contributed by atoms with Crippen molar-refractivity contribution >= 4 is 29.4 Å². The molecule has 6 nitrogen and oxygen atoms in total. The molecule has 1 aromatic carbocycles. The van der Waals surface area contributed by atoms with Crippen molar-refractivity contribution in [3.8, 4) is 10.6 Å². The lowest BCUT2D eigenvalue weighted by molar-refractivity contribution is -0.117. The van der Waals surface area contributed by atoms with Crippen molar-refractivity contribution in [3.63, 3.8) is 0 Å². The Bertz CT molecular complexity index is 843. The predicted molar refractivity (Wildman–Crippen MR) is 106 cm³/mol. The molecule has 0 atom stereocenters. The molecule has 28 heavy (non-hydrogen) atoms. The number of amides is 2. The van der Waals surface area contributed by atoms with Gasteiger partial charge in [-0.3, -0.25) is 4.79 Å². The van der Waals surface area contributed by atoms with Crippen molar-refractivity contribution in [1.29, 1.82) is 0 Å². The average molecular weight is 403 g/mol. The molecule has 0 radical (unpaired) electrons. The molecule has 0 bridgehead atoms. The Morgan fingerprint density at radius 2 is 2.04 bits per heavy atom. The van der Waals surface area contributed by atoms with Crippen LogP contribution in [-0.2, 0) is 9.53 Å². The summed E-state index contributed by atoms with van der Waals surface area (Å²) >= 11 is 1.44. The fourth-order valence-corrected chi connectivity index (χ4v) is 3.71. The number of piperidine rings is 1. The highest BCUT2D eigenvalue weighted by Crippen LogP contribution is 2.24. The molecule has 3 rings (SSSR count). The first-order valence-electron chi connectivity index (χ1n) is 9.17. The predicted octanol–water partition coefficient (Wildman–Crippen LogP) is 3.70. The van der Waals surface area contributed by atoms with Gasteiger partial charge in [0.1, 0.15) is 10.8 Å². The van der Waals surface area contributed by atoms with Gasteiger partial charge in [0.25, 0.3) is 0 Å². The number of hydrogen-bond acceptors (Lipinski definition) is 5. The van der Waals surface area contributed by atoms with Crippen LogP contribution < -0.4 is 5.32 Å². The zero-order valence-corrected chi connectivity index (χ0v) is 16.4. The van der Waals surface area contributed by atoms with Crippen LogP contribution in [0.15, 0.2) is 35.7 Å². The lowest BCUT2D eigenvalue weighted by atomic mass is 10.1. The van der Waals surface area contributed by atoms with E-state index in [2.05, 4.69) is 10.3 Å². The van der Waals surface area contributed by atoms with Gasteiger partial charge >= 0.3 is 6.09 Å². The summed E-state index contributed by atoms with van der Waals surface area (Å²) in [7, 11) is 0. The topological polar surface area (TPSA) is 71.5 Å². The molecule has 2 aromatic rings. The highest BCUT2D eigenvalue weighted by molar-refractivity contribution is 7.13. The zero-order chi connectivity index (χ0) is 19.9. The molecule has 1 aliphatic heterocycles. The van der Waals surface area contributed by atoms with Crippen molar-refractivity contribution in [2.75, 3.05) is 19.7 Å². The smallest absolute Gasteiger partial charge is 0.409 e. The Morgan fingerprint density at radius 3 is 2.71 bits per heavy atom. The van der Waals surface area contributed by atoms with E-state index in [9.17, 15) is 14.0 Å². The highest BCUT2D eigenvalue weighted by atomic mass is 32.1. The van der Waals surface area contributed by atoms with E-state index in [0.717, 1.165) is 10.6 Å². The largest absolute Gasteiger partial charge is 0.450 e. The van der Waals surface area contributed by atoms with Gasteiger partial charge < -0.3 is 15.0 Å². The molecule has 0 unspecified atom stereocenters. The van der Waals surface area contributed by atoms with Crippen molar-refractivity contribution in [2.45, 2.75) is 25.8 Å². The summed E-state index contributed by atoms with van der Waals surface area (Å²) in [6.45, 7) is 3.28. The van der Waals surface area contributed by atoms with E-state index in [1.807, 2.05) is 5.38 Å². The van der Waals surface area contributed by atoms with Crippen LogP contribution in [0.4, 0.5) is 9.18 Å². The van der Waals surface area contributed by atoms with Crippen LogP contribution in [0.3, 0.4) is 0 Å². The van der Waals surface area contributed by atoms with E-state index in [1.165, 1.54) is 29.5 Å². The van der Waals surface area contributed by atoms with Gasteiger partial charge in [-0.15, -0.1) is 11.3 Å². The second-order valence-corrected chi connectivity index (χ2v) is 7.24. The molecule has 1 aromatic heterocycles. The van der Waals surface area contributed by atoms with Crippen LogP contribution in [0.5, 0.6) is 0 Å². The number of likely N-dealkylation sites (tertiary alicyclic amines) is 1. The van der Waals surface area contributed by atoms with Gasteiger partial charge in [-0.2, -0.15) is 0 Å². The minimum Gasteiger partial charge on any atom is -0.450 e. The van der Waals surface area contributed by atoms with Crippen LogP contribution in [-0.4, -0.2) is 47.6 Å². The molecule has 148 valence electrons. The van der Waals surface area contributed by atoms with Crippen molar-refractivity contribution in [3.05, 3.63) is 47.2 Å². The van der Waals surface area contributed by atoms with E-state index in [0.29, 0.717) is 38.2 Å². The van der Waals surface area contributed by atoms with Gasteiger partial charge in [-0.1, -0.05) is 0 Å². The SMILES string of the molecule is CCOC(=O)N1CCC(NC(=O)C=Cc2csc(-c3ccc(F)cc3)n2)CC1. The Labute approximate surface area is 167 Å². The van der Waals surface area contributed by atoms with E-state index in [-0.39, 0.29) is 23.9 Å². The number of ether oxygens (including phenoxy) is 1. The third-order valence-electron chi connectivity index (χ3n) is 4.39. The van der Waals surface area contributed by atoms with E-state index in [4.69, 9.17) is 4.74 Å². The van der Waals surface area contributed by atoms with Crippen LogP contribution in [0.1, 0.15) is 25.5 Å². The fraction of sp³-hybridized carbons (Fsp3) is 0.350. The first-order valence-corrected chi connectivity index (χ1v) is 10.0. The molecular weight excluding hydrogens is 381 g/mol. The minimum atomic E-state index is -0.298. The van der Waals surface area contributed by atoms with Crippen molar-refractivity contribution in [2.24, 2.45) is 0 Å². The Hall–Kier alpha value is -2.74. The summed E-state index contributed by atoms with van der Waals surface area (Å²) in [4.78, 5) is 29.9. The number of carbonyl (C=O) groups excluding carboxylic acids is 2. The Kier molecular flexibility index (Phi) is 6.76. The molecule has 2 amide bonds. The Morgan fingerprint density at radius 1 is 1.32 bits per heavy atom. The average Bonchev–Trinajstić information content (AvgIpc) is 3.17. The van der Waals surface area contributed by atoms with E-state index >= 15 is 0 Å². The second-order valence-electron chi connectivity index (χ2n) is 6.39. The summed E-state index contributed by atoms with van der Waals surface area (Å²) in [5, 5.41) is 5.57. The molecule has 0 aliphatic carbocycles. The number of nitrogens with zero attached hydrogens (tertiary/aromatic N) is 2. The summed E-state index contributed by atoms with van der Waals surface area (Å²) in [6.07, 6.45) is 4.22. The normalized spacial score (nSPS) is 15.0. The monoisotopic (exact) mass is 403 g/mol. The maximum atomic E-state index is 13.0. The second kappa shape index (κ2) is 9.45. The van der Waals surface area contributed by atoms with Gasteiger partial charge in [-0.25, -0.2) is 14.2 Å². The quantitative estimate of drug-likeness (QED) is 0.773. The summed E-state index contributed by atoms with van der Waals surface area (Å²) in [5.41, 5.74) is 1.51. The molecule has 1 fully saturated rings. The highest BCUT2D eigenvalue weighted by Gasteiger charge is 2.24. The standard InChI is InChI=1S/C20H22FN3O3S/c1-2-27-20(26)24-11-9-16(10-12-24)22-18(25)8-7-17-13-28-19(23-17)14-3-5-15(21)6-4-14/h3-8,13,16H,2,9-12H2,1H3,(H,22,25). The first kappa shape index (κ1) is 20.0. The van der Waals surface area contributed by atoms with E-state index < -0.39 is 0 Å². The van der Waals surface area contributed by atoms with E-state index in [1.54, 1.807) is 30.0 Å². The molecule has 0 saturated carbocycles. The number of benzene rings is 1. The van der Waals surface area contributed by atoms with Gasteiger partial charge in [-0.05, 0) is 50.1 Å². The van der Waals surface area contributed by atoms with Crippen LogP contribution in [0, 0.1) is 5.82 Å². The summed E-state index contributed by atoms with van der Waals surface area (Å²) in [6, 6.07) is 6.18. The first-order chi connectivity index (χ1) is 13.5. The number of aromatic nitrogens is 1. The van der Waals surface area contributed by atoms with Crippen LogP contribution >= 0.6 is 11.3 Å². The molecule has 8 heteroatoms. The van der Waals surface area contributed by atoms with Crippen LogP contribution in [0.25, 0.3) is 16.6 Å². The van der Waals surface area contributed by atoms with Gasteiger partial charge in [0.05, 0.1) is 12.3 Å². The lowest BCUT2D eigenvalue weighted by Crippen LogP contribution is -2.46. The molecule has 1 saturated heterocycles. The molecular formula is C20H22FN3O3S. The zero-order valence-electron chi connectivity index (χ0n) is 15.6. The third kappa shape index (κ3) is 5.39. The van der Waals surface area contributed by atoms with Crippen molar-refractivity contribution < 1.29 is 18.7 Å². The van der Waals surface area contributed by atoms with Crippen molar-refractivity contribution in [1.82, 2.24) is 15.2 Å². The lowest BCUT2D eigenvalue weighted by Gasteiger charge is -2.31. The molecule has 2 heterocycles. The van der Waals surface area contributed by atoms with Gasteiger partial charge in [0, 0.05) is 36.2 Å². The molecule has 1 aliphatic rings. The Balaban J connectivity index is 1.48. The number of thiazole rings is 1. The maximum Gasteiger partial charge on any atom is 0.409 e. The summed E-state index contributed by atoms with van der Waals surface area (Å²) in [5.74, 6) is -0.476. The summed E-state index contributed by atoms with van der Waals surface area (Å²) < 4.78 is 18.0. The van der Waals surface area contributed by atoms with Crippen LogP contribution in [0.2, 0.25) is 0 Å². The minimum absolute atomic E-state index is 0.0352. The number of rotatable bonds is 5. The number of halogens is 1. The van der Waals surface area contributed by atoms with Gasteiger partial charge in [0.15, 0.2) is 0 Å². The maximum absolute atomic E-state index is 13.0. The number of nitrogens with one attached hydrogen (secondary N) is 1.